The van der Waals surface area contributed by atoms with E-state index in [9.17, 15) is 4.79 Å². The fourth-order valence-electron chi connectivity index (χ4n) is 1.86. The van der Waals surface area contributed by atoms with Crippen LogP contribution in [0.25, 0.3) is 0 Å². The topological polar surface area (TPSA) is 46.3 Å². The van der Waals surface area contributed by atoms with Crippen molar-refractivity contribution in [3.63, 3.8) is 0 Å². The van der Waals surface area contributed by atoms with Gasteiger partial charge >= 0.3 is 0 Å². The molecule has 1 amide bonds. The lowest BCUT2D eigenvalue weighted by Gasteiger charge is -2.27. The lowest BCUT2D eigenvalue weighted by molar-refractivity contribution is 0.0749. The third-order valence-electron chi connectivity index (χ3n) is 2.68. The Bertz CT molecular complexity index is 374. The van der Waals surface area contributed by atoms with Crippen LogP contribution in [0.1, 0.15) is 22.8 Å². The number of nitrogens with zero attached hydrogens (tertiary/aromatic N) is 1. The Kier molecular flexibility index (Phi) is 2.15. The highest BCUT2D eigenvalue weighted by Gasteiger charge is 2.22. The molecule has 1 heterocycles. The Morgan fingerprint density at radius 3 is 3.00 bits per heavy atom. The molecule has 1 aliphatic heterocycles. The molecule has 74 valence electrons. The number of rotatable bonds is 1. The van der Waals surface area contributed by atoms with Crippen molar-refractivity contribution in [2.75, 3.05) is 18.8 Å². The highest BCUT2D eigenvalue weighted by atomic mass is 16.2. The van der Waals surface area contributed by atoms with Crippen molar-refractivity contribution >= 4 is 11.6 Å². The van der Waals surface area contributed by atoms with Gasteiger partial charge in [0.25, 0.3) is 5.91 Å². The Hall–Kier alpha value is -1.51. The van der Waals surface area contributed by atoms with Gasteiger partial charge in [-0.05, 0) is 37.1 Å². The Morgan fingerprint density at radius 2 is 2.29 bits per heavy atom. The SMILES string of the molecule is CCN1CCc2cc(N)ccc2C1=O. The number of anilines is 1. The molecule has 3 heteroatoms. The second-order valence-electron chi connectivity index (χ2n) is 3.55. The lowest BCUT2D eigenvalue weighted by atomic mass is 9.98. The molecule has 0 bridgehead atoms. The highest BCUT2D eigenvalue weighted by molar-refractivity contribution is 5.97. The fraction of sp³-hybridized carbons (Fsp3) is 0.364. The fourth-order valence-corrected chi connectivity index (χ4v) is 1.86. The van der Waals surface area contributed by atoms with Crippen LogP contribution in [-0.2, 0) is 6.42 Å². The Balaban J connectivity index is 2.41. The number of hydrogen-bond acceptors (Lipinski definition) is 2. The number of benzene rings is 1. The predicted molar refractivity (Wildman–Crippen MR) is 56.1 cm³/mol. The summed E-state index contributed by atoms with van der Waals surface area (Å²) in [6, 6.07) is 5.52. The van der Waals surface area contributed by atoms with E-state index in [0.717, 1.165) is 36.3 Å². The molecule has 1 aromatic carbocycles. The van der Waals surface area contributed by atoms with E-state index in [0.29, 0.717) is 0 Å². The van der Waals surface area contributed by atoms with Gasteiger partial charge in [0.2, 0.25) is 0 Å². The maximum absolute atomic E-state index is 11.8. The first-order chi connectivity index (χ1) is 6.72. The van der Waals surface area contributed by atoms with Crippen LogP contribution in [0.5, 0.6) is 0 Å². The quantitative estimate of drug-likeness (QED) is 0.678. The number of nitrogens with two attached hydrogens (primary N) is 1. The number of fused-ring (bicyclic) bond motifs is 1. The molecule has 2 rings (SSSR count). The molecule has 0 atom stereocenters. The minimum absolute atomic E-state index is 0.133. The zero-order valence-electron chi connectivity index (χ0n) is 8.29. The van der Waals surface area contributed by atoms with Crippen LogP contribution >= 0.6 is 0 Å². The highest BCUT2D eigenvalue weighted by Crippen LogP contribution is 2.20. The summed E-state index contributed by atoms with van der Waals surface area (Å²) in [6.07, 6.45) is 0.917. The molecule has 0 fully saturated rings. The Morgan fingerprint density at radius 1 is 1.50 bits per heavy atom. The van der Waals surface area contributed by atoms with Gasteiger partial charge in [-0.1, -0.05) is 0 Å². The van der Waals surface area contributed by atoms with Gasteiger partial charge in [0.05, 0.1) is 0 Å². The van der Waals surface area contributed by atoms with Crippen molar-refractivity contribution < 1.29 is 4.79 Å². The number of likely N-dealkylation sites (N-methyl/N-ethyl adjacent to an activating group) is 1. The summed E-state index contributed by atoms with van der Waals surface area (Å²) in [4.78, 5) is 13.7. The first kappa shape index (κ1) is 9.06. The van der Waals surface area contributed by atoms with E-state index >= 15 is 0 Å². The van der Waals surface area contributed by atoms with Gasteiger partial charge in [-0.2, -0.15) is 0 Å². The van der Waals surface area contributed by atoms with E-state index in [2.05, 4.69) is 0 Å². The molecular weight excluding hydrogens is 176 g/mol. The van der Waals surface area contributed by atoms with Crippen molar-refractivity contribution in [1.29, 1.82) is 0 Å². The largest absolute Gasteiger partial charge is 0.399 e. The Labute approximate surface area is 83.5 Å². The molecule has 0 radical (unpaired) electrons. The van der Waals surface area contributed by atoms with Crippen LogP contribution in [0.2, 0.25) is 0 Å². The zero-order valence-corrected chi connectivity index (χ0v) is 8.29. The van der Waals surface area contributed by atoms with Crippen molar-refractivity contribution in [3.8, 4) is 0 Å². The second kappa shape index (κ2) is 3.33. The number of hydrogen-bond donors (Lipinski definition) is 1. The third kappa shape index (κ3) is 1.35. The minimum Gasteiger partial charge on any atom is -0.399 e. The van der Waals surface area contributed by atoms with Crippen molar-refractivity contribution in [2.45, 2.75) is 13.3 Å². The molecule has 1 aromatic rings. The van der Waals surface area contributed by atoms with E-state index in [1.807, 2.05) is 24.0 Å². The molecule has 2 N–H and O–H groups in total. The van der Waals surface area contributed by atoms with Crippen LogP contribution in [0.15, 0.2) is 18.2 Å². The van der Waals surface area contributed by atoms with Gasteiger partial charge in [0.15, 0.2) is 0 Å². The minimum atomic E-state index is 0.133. The summed E-state index contributed by atoms with van der Waals surface area (Å²) < 4.78 is 0. The van der Waals surface area contributed by atoms with Gasteiger partial charge in [-0.15, -0.1) is 0 Å². The summed E-state index contributed by atoms with van der Waals surface area (Å²) in [5.74, 6) is 0.133. The van der Waals surface area contributed by atoms with Crippen molar-refractivity contribution in [2.24, 2.45) is 0 Å². The van der Waals surface area contributed by atoms with Crippen LogP contribution in [0, 0.1) is 0 Å². The number of carbonyl (C=O) groups excluding carboxylic acids is 1. The maximum atomic E-state index is 11.8. The van der Waals surface area contributed by atoms with Gasteiger partial charge < -0.3 is 10.6 Å². The molecular formula is C11H14N2O. The van der Waals surface area contributed by atoms with Crippen LogP contribution in [0.3, 0.4) is 0 Å². The normalized spacial score (nSPS) is 15.5. The van der Waals surface area contributed by atoms with Crippen LogP contribution in [-0.4, -0.2) is 23.9 Å². The van der Waals surface area contributed by atoms with E-state index in [1.54, 1.807) is 6.07 Å². The summed E-state index contributed by atoms with van der Waals surface area (Å²) in [5, 5.41) is 0. The number of nitrogen functional groups attached to an aromatic ring is 1. The molecule has 1 aliphatic rings. The first-order valence-electron chi connectivity index (χ1n) is 4.90. The van der Waals surface area contributed by atoms with Crippen molar-refractivity contribution in [1.82, 2.24) is 4.90 Å². The van der Waals surface area contributed by atoms with E-state index in [-0.39, 0.29) is 5.91 Å². The van der Waals surface area contributed by atoms with Gasteiger partial charge in [0, 0.05) is 24.3 Å². The van der Waals surface area contributed by atoms with Gasteiger partial charge in [0.1, 0.15) is 0 Å². The maximum Gasteiger partial charge on any atom is 0.254 e. The van der Waals surface area contributed by atoms with E-state index < -0.39 is 0 Å². The first-order valence-corrected chi connectivity index (χ1v) is 4.90. The standard InChI is InChI=1S/C11H14N2O/c1-2-13-6-5-8-7-9(12)3-4-10(8)11(13)14/h3-4,7H,2,5-6,12H2,1H3. The predicted octanol–water partition coefficient (Wildman–Crippen LogP) is 1.29. The molecule has 0 aromatic heterocycles. The average Bonchev–Trinajstić information content (AvgIpc) is 2.18. The smallest absolute Gasteiger partial charge is 0.254 e. The zero-order chi connectivity index (χ0) is 10.1. The summed E-state index contributed by atoms with van der Waals surface area (Å²) in [6.45, 7) is 3.59. The van der Waals surface area contributed by atoms with E-state index in [4.69, 9.17) is 5.73 Å². The molecule has 0 unspecified atom stereocenters. The number of carbonyl (C=O) groups is 1. The third-order valence-corrected chi connectivity index (χ3v) is 2.68. The van der Waals surface area contributed by atoms with Crippen LogP contribution in [0.4, 0.5) is 5.69 Å². The van der Waals surface area contributed by atoms with Crippen molar-refractivity contribution in [3.05, 3.63) is 29.3 Å². The average molecular weight is 190 g/mol. The molecule has 0 saturated carbocycles. The second-order valence-corrected chi connectivity index (χ2v) is 3.55. The van der Waals surface area contributed by atoms with E-state index in [1.165, 1.54) is 0 Å². The summed E-state index contributed by atoms with van der Waals surface area (Å²) >= 11 is 0. The molecule has 0 spiro atoms. The summed E-state index contributed by atoms with van der Waals surface area (Å²) in [7, 11) is 0. The molecule has 14 heavy (non-hydrogen) atoms. The monoisotopic (exact) mass is 190 g/mol. The van der Waals surface area contributed by atoms with Gasteiger partial charge in [-0.3, -0.25) is 4.79 Å². The lowest BCUT2D eigenvalue weighted by Crippen LogP contribution is -2.37. The molecule has 3 nitrogen and oxygen atoms in total. The summed E-state index contributed by atoms with van der Waals surface area (Å²) in [5.41, 5.74) is 8.30. The van der Waals surface area contributed by atoms with Gasteiger partial charge in [-0.25, -0.2) is 0 Å². The molecule has 0 aliphatic carbocycles. The number of amides is 1. The van der Waals surface area contributed by atoms with Crippen LogP contribution < -0.4 is 5.73 Å². The molecule has 0 saturated heterocycles.